The second kappa shape index (κ2) is 2.86. The molecule has 0 fully saturated rings. The fourth-order valence-electron chi connectivity index (χ4n) is 1.29. The van der Waals surface area contributed by atoms with Gasteiger partial charge in [-0.05, 0) is 24.6 Å². The molecule has 1 N–H and O–H groups in total. The van der Waals surface area contributed by atoms with Crippen LogP contribution in [0.4, 0.5) is 0 Å². The molecule has 0 bridgehead atoms. The van der Waals surface area contributed by atoms with Gasteiger partial charge in [-0.3, -0.25) is 0 Å². The van der Waals surface area contributed by atoms with Crippen molar-refractivity contribution in [1.29, 1.82) is 0 Å². The van der Waals surface area contributed by atoms with Crippen LogP contribution in [0.2, 0.25) is 0 Å². The zero-order valence-electron chi connectivity index (χ0n) is 7.04. The summed E-state index contributed by atoms with van der Waals surface area (Å²) in [6, 6.07) is 0. The molecular formula is C11H11N. The van der Waals surface area contributed by atoms with Crippen molar-refractivity contribution in [1.82, 2.24) is 5.32 Å². The molecule has 1 heterocycles. The molecule has 1 nitrogen and oxygen atoms in total. The van der Waals surface area contributed by atoms with Crippen molar-refractivity contribution in [2.75, 3.05) is 0 Å². The van der Waals surface area contributed by atoms with Crippen LogP contribution in [0.1, 0.15) is 6.92 Å². The number of nitrogens with one attached hydrogen (secondary N) is 1. The lowest BCUT2D eigenvalue weighted by Gasteiger charge is -2.15. The third kappa shape index (κ3) is 1.26. The van der Waals surface area contributed by atoms with Gasteiger partial charge in [-0.2, -0.15) is 0 Å². The molecule has 60 valence electrons. The maximum Gasteiger partial charge on any atom is 0.0455 e. The van der Waals surface area contributed by atoms with Crippen molar-refractivity contribution < 1.29 is 0 Å². The predicted molar refractivity (Wildman–Crippen MR) is 51.3 cm³/mol. The van der Waals surface area contributed by atoms with Crippen LogP contribution < -0.4 is 5.32 Å². The van der Waals surface area contributed by atoms with Crippen molar-refractivity contribution >= 4 is 0 Å². The zero-order valence-corrected chi connectivity index (χ0v) is 7.04. The molecule has 1 aliphatic carbocycles. The lowest BCUT2D eigenvalue weighted by Crippen LogP contribution is -2.14. The fraction of sp³-hybridized carbons (Fsp3) is 0.0909. The molecule has 0 radical (unpaired) electrons. The van der Waals surface area contributed by atoms with E-state index in [0.717, 1.165) is 0 Å². The standard InChI is InChI=1S/C11H11N/c1-9-7-8-10-5-3-2-4-6-11(10)12-9/h2-8,12H,1H3. The summed E-state index contributed by atoms with van der Waals surface area (Å²) in [7, 11) is 0. The van der Waals surface area contributed by atoms with Crippen LogP contribution in [-0.4, -0.2) is 0 Å². The maximum absolute atomic E-state index is 3.31. The number of hydrogen-bond donors (Lipinski definition) is 1. The number of hydrogen-bond acceptors (Lipinski definition) is 1. The molecule has 0 unspecified atom stereocenters. The normalized spacial score (nSPS) is 19.9. The summed E-state index contributed by atoms with van der Waals surface area (Å²) in [5.41, 5.74) is 3.61. The Balaban J connectivity index is 2.43. The van der Waals surface area contributed by atoms with Gasteiger partial charge in [-0.25, -0.2) is 0 Å². The van der Waals surface area contributed by atoms with E-state index in [4.69, 9.17) is 0 Å². The van der Waals surface area contributed by atoms with E-state index in [1.54, 1.807) is 0 Å². The van der Waals surface area contributed by atoms with Crippen molar-refractivity contribution in [3.63, 3.8) is 0 Å². The number of rotatable bonds is 0. The minimum absolute atomic E-state index is 1.18. The Morgan fingerprint density at radius 2 is 1.92 bits per heavy atom. The van der Waals surface area contributed by atoms with Crippen molar-refractivity contribution in [3.8, 4) is 0 Å². The molecular weight excluding hydrogens is 146 g/mol. The molecule has 12 heavy (non-hydrogen) atoms. The minimum Gasteiger partial charge on any atom is -0.359 e. The van der Waals surface area contributed by atoms with Crippen molar-refractivity contribution in [2.45, 2.75) is 6.92 Å². The average molecular weight is 157 g/mol. The molecule has 0 saturated heterocycles. The van der Waals surface area contributed by atoms with Gasteiger partial charge in [0.25, 0.3) is 0 Å². The monoisotopic (exact) mass is 157 g/mol. The molecule has 2 rings (SSSR count). The van der Waals surface area contributed by atoms with Crippen LogP contribution >= 0.6 is 0 Å². The smallest absolute Gasteiger partial charge is 0.0455 e. The van der Waals surface area contributed by atoms with E-state index in [2.05, 4.69) is 36.5 Å². The molecule has 0 aromatic carbocycles. The highest BCUT2D eigenvalue weighted by atomic mass is 14.9. The van der Waals surface area contributed by atoms with Crippen LogP contribution in [0.25, 0.3) is 0 Å². The molecule has 0 saturated carbocycles. The number of dihydropyridines is 1. The first-order valence-corrected chi connectivity index (χ1v) is 4.07. The van der Waals surface area contributed by atoms with E-state index in [-0.39, 0.29) is 0 Å². The largest absolute Gasteiger partial charge is 0.359 e. The maximum atomic E-state index is 3.31. The second-order valence-corrected chi connectivity index (χ2v) is 2.92. The van der Waals surface area contributed by atoms with E-state index in [9.17, 15) is 0 Å². The SMILES string of the molecule is CC1=CC=C2C=CC=CC=C2N1. The third-order valence-corrected chi connectivity index (χ3v) is 1.92. The molecule has 0 atom stereocenters. The Kier molecular flexibility index (Phi) is 1.71. The van der Waals surface area contributed by atoms with Gasteiger partial charge in [-0.1, -0.05) is 30.4 Å². The zero-order chi connectivity index (χ0) is 8.39. The molecule has 1 aliphatic heterocycles. The topological polar surface area (TPSA) is 12.0 Å². The summed E-state index contributed by atoms with van der Waals surface area (Å²) >= 11 is 0. The average Bonchev–Trinajstić information content (AvgIpc) is 2.28. The van der Waals surface area contributed by atoms with Crippen LogP contribution in [0.5, 0.6) is 0 Å². The summed E-state index contributed by atoms with van der Waals surface area (Å²) in [4.78, 5) is 0. The highest BCUT2D eigenvalue weighted by Gasteiger charge is 2.05. The van der Waals surface area contributed by atoms with Crippen molar-refractivity contribution in [3.05, 3.63) is 59.5 Å². The fourth-order valence-corrected chi connectivity index (χ4v) is 1.29. The number of allylic oxidation sites excluding steroid dienone is 8. The summed E-state index contributed by atoms with van der Waals surface area (Å²) in [6.45, 7) is 2.06. The Morgan fingerprint density at radius 3 is 2.83 bits per heavy atom. The van der Waals surface area contributed by atoms with Crippen LogP contribution in [0.3, 0.4) is 0 Å². The first-order valence-electron chi connectivity index (χ1n) is 4.07. The van der Waals surface area contributed by atoms with Gasteiger partial charge in [0.05, 0.1) is 0 Å². The first-order chi connectivity index (χ1) is 5.86. The molecule has 0 aromatic rings. The molecule has 0 amide bonds. The third-order valence-electron chi connectivity index (χ3n) is 1.92. The second-order valence-electron chi connectivity index (χ2n) is 2.92. The van der Waals surface area contributed by atoms with Crippen molar-refractivity contribution in [2.24, 2.45) is 0 Å². The Morgan fingerprint density at radius 1 is 1.00 bits per heavy atom. The van der Waals surface area contributed by atoms with E-state index in [1.165, 1.54) is 17.0 Å². The lowest BCUT2D eigenvalue weighted by atomic mass is 10.1. The molecule has 0 spiro atoms. The summed E-state index contributed by atoms with van der Waals surface area (Å²) in [5, 5.41) is 3.31. The summed E-state index contributed by atoms with van der Waals surface area (Å²) in [6.07, 6.45) is 14.5. The number of fused-ring (bicyclic) bond motifs is 1. The summed E-state index contributed by atoms with van der Waals surface area (Å²) < 4.78 is 0. The Hall–Kier alpha value is -1.50. The van der Waals surface area contributed by atoms with Gasteiger partial charge in [0.15, 0.2) is 0 Å². The van der Waals surface area contributed by atoms with E-state index in [0.29, 0.717) is 0 Å². The van der Waals surface area contributed by atoms with Gasteiger partial charge in [-0.15, -0.1) is 0 Å². The summed E-state index contributed by atoms with van der Waals surface area (Å²) in [5.74, 6) is 0. The van der Waals surface area contributed by atoms with Gasteiger partial charge in [0.1, 0.15) is 0 Å². The minimum atomic E-state index is 1.18. The van der Waals surface area contributed by atoms with Crippen LogP contribution in [0, 0.1) is 0 Å². The van der Waals surface area contributed by atoms with E-state index >= 15 is 0 Å². The molecule has 0 aromatic heterocycles. The highest BCUT2D eigenvalue weighted by Crippen LogP contribution is 2.17. The van der Waals surface area contributed by atoms with E-state index < -0.39 is 0 Å². The molecule has 1 heteroatoms. The Bertz CT molecular complexity index is 338. The van der Waals surface area contributed by atoms with Gasteiger partial charge < -0.3 is 5.32 Å². The van der Waals surface area contributed by atoms with E-state index in [1.807, 2.05) is 18.2 Å². The van der Waals surface area contributed by atoms with Gasteiger partial charge in [0, 0.05) is 11.4 Å². The quantitative estimate of drug-likeness (QED) is 0.569. The Labute approximate surface area is 72.5 Å². The van der Waals surface area contributed by atoms with Gasteiger partial charge in [0.2, 0.25) is 0 Å². The highest BCUT2D eigenvalue weighted by molar-refractivity contribution is 5.49. The molecule has 2 aliphatic rings. The lowest BCUT2D eigenvalue weighted by molar-refractivity contribution is 0.972. The van der Waals surface area contributed by atoms with Crippen LogP contribution in [-0.2, 0) is 0 Å². The van der Waals surface area contributed by atoms with Crippen LogP contribution in [0.15, 0.2) is 59.5 Å². The van der Waals surface area contributed by atoms with Gasteiger partial charge >= 0.3 is 0 Å². The predicted octanol–water partition coefficient (Wildman–Crippen LogP) is 2.43. The first kappa shape index (κ1) is 7.17.